The number of benzene rings is 1. The zero-order chi connectivity index (χ0) is 28.5. The van der Waals surface area contributed by atoms with E-state index in [0.717, 1.165) is 18.4 Å². The van der Waals surface area contributed by atoms with E-state index >= 15 is 0 Å². The van der Waals surface area contributed by atoms with Crippen molar-refractivity contribution in [2.75, 3.05) is 6.54 Å². The number of aromatic nitrogens is 1. The number of alkyl halides is 2. The molecule has 1 aliphatic heterocycles. The van der Waals surface area contributed by atoms with E-state index in [1.807, 2.05) is 30.3 Å². The van der Waals surface area contributed by atoms with Gasteiger partial charge in [0.05, 0.1) is 12.2 Å². The van der Waals surface area contributed by atoms with Gasteiger partial charge in [-0.3, -0.25) is 24.2 Å². The van der Waals surface area contributed by atoms with Crippen LogP contribution in [-0.2, 0) is 32.1 Å². The maximum atomic E-state index is 13.6. The second-order valence-electron chi connectivity index (χ2n) is 10.7. The van der Waals surface area contributed by atoms with Gasteiger partial charge >= 0.3 is 0 Å². The van der Waals surface area contributed by atoms with Gasteiger partial charge in [-0.2, -0.15) is 0 Å². The maximum absolute atomic E-state index is 13.6. The lowest BCUT2D eigenvalue weighted by molar-refractivity contribution is -0.145. The smallest absolute Gasteiger partial charge is 0.289 e. The Kier molecular flexibility index (Phi) is 9.95. The molecule has 0 unspecified atom stereocenters. The normalized spacial score (nSPS) is 19.9. The summed E-state index contributed by atoms with van der Waals surface area (Å²) >= 11 is 0. The summed E-state index contributed by atoms with van der Waals surface area (Å²) in [5, 5.41) is 5.33. The van der Waals surface area contributed by atoms with Gasteiger partial charge < -0.3 is 15.5 Å². The summed E-state index contributed by atoms with van der Waals surface area (Å²) in [7, 11) is 0. The Bertz CT molecular complexity index is 1170. The molecule has 1 saturated heterocycles. The standard InChI is InChI=1S/C30H36F2N4O4/c31-30(32)14-12-22(13-15-30)19-26(37)36-17-7-5-11-25(36)28(39)35-24(18-21-8-2-1-3-9-21)27(38)29(40)34-20-23-10-4-6-16-33-23/h1-4,6,8-10,16,22,24-25H,5,7,11-15,17-20H2,(H,34,40)(H,35,39)/t24-,25-/m1/s1. The molecule has 2 heterocycles. The number of carbonyl (C=O) groups excluding carboxylic acids is 4. The molecular formula is C30H36F2N4O4. The van der Waals surface area contributed by atoms with E-state index < -0.39 is 35.6 Å². The molecule has 2 N–H and O–H groups in total. The highest BCUT2D eigenvalue weighted by atomic mass is 19.3. The minimum Gasteiger partial charge on any atom is -0.344 e. The number of nitrogens with zero attached hydrogens (tertiary/aromatic N) is 2. The lowest BCUT2D eigenvalue weighted by Crippen LogP contribution is -2.57. The SMILES string of the molecule is O=C(NCc1ccccn1)C(=O)[C@@H](Cc1ccccc1)NC(=O)[C@H]1CCCCN1C(=O)CC1CCC(F)(F)CC1. The molecule has 2 atom stereocenters. The van der Waals surface area contributed by atoms with Crippen molar-refractivity contribution in [3.8, 4) is 0 Å². The molecule has 1 aliphatic carbocycles. The number of halogens is 2. The molecule has 2 aliphatic rings. The van der Waals surface area contributed by atoms with Gasteiger partial charge in [-0.25, -0.2) is 8.78 Å². The first kappa shape index (κ1) is 29.3. The third-order valence-corrected chi connectivity index (χ3v) is 7.72. The Morgan fingerprint density at radius 1 is 0.975 bits per heavy atom. The number of Topliss-reactive ketones (excluding diaryl/α,β-unsaturated/α-hetero) is 1. The average Bonchev–Trinajstić information content (AvgIpc) is 2.97. The first-order valence-electron chi connectivity index (χ1n) is 14.0. The molecule has 2 fully saturated rings. The number of rotatable bonds is 10. The van der Waals surface area contributed by atoms with Crippen molar-refractivity contribution in [3.63, 3.8) is 0 Å². The fourth-order valence-corrected chi connectivity index (χ4v) is 5.42. The lowest BCUT2D eigenvalue weighted by atomic mass is 9.84. The van der Waals surface area contributed by atoms with E-state index in [-0.39, 0.29) is 56.9 Å². The Morgan fingerprint density at radius 2 is 1.70 bits per heavy atom. The number of hydrogen-bond donors (Lipinski definition) is 2. The van der Waals surface area contributed by atoms with Gasteiger partial charge in [0.2, 0.25) is 23.5 Å². The molecule has 40 heavy (non-hydrogen) atoms. The molecule has 0 radical (unpaired) electrons. The van der Waals surface area contributed by atoms with Crippen LogP contribution in [0.1, 0.15) is 62.6 Å². The fourth-order valence-electron chi connectivity index (χ4n) is 5.42. The van der Waals surface area contributed by atoms with Crippen LogP contribution in [-0.4, -0.2) is 57.9 Å². The summed E-state index contributed by atoms with van der Waals surface area (Å²) in [4.78, 5) is 58.4. The zero-order valence-electron chi connectivity index (χ0n) is 22.5. The minimum absolute atomic E-state index is 0.0649. The van der Waals surface area contributed by atoms with Crippen molar-refractivity contribution in [2.24, 2.45) is 5.92 Å². The van der Waals surface area contributed by atoms with Crippen molar-refractivity contribution in [1.82, 2.24) is 20.5 Å². The summed E-state index contributed by atoms with van der Waals surface area (Å²) in [6, 6.07) is 12.4. The van der Waals surface area contributed by atoms with E-state index in [1.165, 1.54) is 4.90 Å². The largest absolute Gasteiger partial charge is 0.344 e. The van der Waals surface area contributed by atoms with Crippen LogP contribution in [0.15, 0.2) is 54.7 Å². The van der Waals surface area contributed by atoms with E-state index in [1.54, 1.807) is 24.4 Å². The molecular weight excluding hydrogens is 518 g/mol. The van der Waals surface area contributed by atoms with Crippen LogP contribution in [0.4, 0.5) is 8.78 Å². The average molecular weight is 555 g/mol. The monoisotopic (exact) mass is 554 g/mol. The number of nitrogens with one attached hydrogen (secondary N) is 2. The Labute approximate surface area is 232 Å². The summed E-state index contributed by atoms with van der Waals surface area (Å²) in [5.74, 6) is -5.14. The number of piperidine rings is 1. The first-order valence-corrected chi connectivity index (χ1v) is 14.0. The van der Waals surface area contributed by atoms with Crippen LogP contribution in [0.3, 0.4) is 0 Å². The molecule has 10 heteroatoms. The van der Waals surface area contributed by atoms with Crippen LogP contribution in [0.25, 0.3) is 0 Å². The number of ketones is 1. The molecule has 3 amide bonds. The molecule has 1 aromatic carbocycles. The van der Waals surface area contributed by atoms with Crippen molar-refractivity contribution in [3.05, 3.63) is 66.0 Å². The third kappa shape index (κ3) is 8.16. The van der Waals surface area contributed by atoms with E-state index in [2.05, 4.69) is 15.6 Å². The van der Waals surface area contributed by atoms with Gasteiger partial charge in [0.1, 0.15) is 12.1 Å². The molecule has 1 saturated carbocycles. The molecule has 0 bridgehead atoms. The van der Waals surface area contributed by atoms with Gasteiger partial charge in [-0.05, 0) is 55.7 Å². The van der Waals surface area contributed by atoms with Gasteiger partial charge in [-0.15, -0.1) is 0 Å². The Hall–Kier alpha value is -3.69. The first-order chi connectivity index (χ1) is 19.2. The molecule has 1 aromatic heterocycles. The number of carbonyl (C=O) groups is 4. The van der Waals surface area contributed by atoms with Gasteiger partial charge in [0, 0.05) is 38.4 Å². The Morgan fingerprint density at radius 3 is 2.40 bits per heavy atom. The molecule has 0 spiro atoms. The van der Waals surface area contributed by atoms with Crippen molar-refractivity contribution in [1.29, 1.82) is 0 Å². The molecule has 8 nitrogen and oxygen atoms in total. The Balaban J connectivity index is 1.42. The maximum Gasteiger partial charge on any atom is 0.289 e. The second kappa shape index (κ2) is 13.6. The van der Waals surface area contributed by atoms with Gasteiger partial charge in [0.15, 0.2) is 0 Å². The topological polar surface area (TPSA) is 108 Å². The van der Waals surface area contributed by atoms with Crippen LogP contribution in [0, 0.1) is 5.92 Å². The summed E-state index contributed by atoms with van der Waals surface area (Å²) in [6.07, 6.45) is 3.85. The fraction of sp³-hybridized carbons (Fsp3) is 0.500. The highest BCUT2D eigenvalue weighted by Crippen LogP contribution is 2.38. The van der Waals surface area contributed by atoms with Crippen LogP contribution in [0.5, 0.6) is 0 Å². The van der Waals surface area contributed by atoms with E-state index in [9.17, 15) is 28.0 Å². The van der Waals surface area contributed by atoms with Crippen molar-refractivity contribution < 1.29 is 28.0 Å². The highest BCUT2D eigenvalue weighted by molar-refractivity contribution is 6.38. The molecule has 4 rings (SSSR count). The number of pyridine rings is 1. The number of hydrogen-bond acceptors (Lipinski definition) is 5. The van der Waals surface area contributed by atoms with E-state index in [4.69, 9.17) is 0 Å². The molecule has 214 valence electrons. The van der Waals surface area contributed by atoms with Crippen molar-refractivity contribution >= 4 is 23.5 Å². The molecule has 2 aromatic rings. The minimum atomic E-state index is -2.67. The zero-order valence-corrected chi connectivity index (χ0v) is 22.5. The van der Waals surface area contributed by atoms with Crippen LogP contribution in [0.2, 0.25) is 0 Å². The lowest BCUT2D eigenvalue weighted by Gasteiger charge is -2.37. The number of amides is 3. The number of likely N-dealkylation sites (tertiary alicyclic amines) is 1. The quantitative estimate of drug-likeness (QED) is 0.437. The van der Waals surface area contributed by atoms with Crippen LogP contribution < -0.4 is 10.6 Å². The third-order valence-electron chi connectivity index (χ3n) is 7.72. The predicted molar refractivity (Wildman–Crippen MR) is 144 cm³/mol. The van der Waals surface area contributed by atoms with Gasteiger partial charge in [0.25, 0.3) is 5.91 Å². The highest BCUT2D eigenvalue weighted by Gasteiger charge is 2.39. The summed E-state index contributed by atoms with van der Waals surface area (Å²) in [5.41, 5.74) is 1.36. The van der Waals surface area contributed by atoms with E-state index in [0.29, 0.717) is 18.7 Å². The summed E-state index contributed by atoms with van der Waals surface area (Å²) in [6.45, 7) is 0.455. The predicted octanol–water partition coefficient (Wildman–Crippen LogP) is 3.59. The van der Waals surface area contributed by atoms with Gasteiger partial charge in [-0.1, -0.05) is 36.4 Å². The second-order valence-corrected chi connectivity index (χ2v) is 10.7. The van der Waals surface area contributed by atoms with Crippen molar-refractivity contribution in [2.45, 2.75) is 82.3 Å². The summed E-state index contributed by atoms with van der Waals surface area (Å²) < 4.78 is 27.1. The van der Waals surface area contributed by atoms with Crippen LogP contribution >= 0.6 is 0 Å².